The number of hydrogen-bond donors (Lipinski definition) is 0. The van der Waals surface area contributed by atoms with E-state index >= 15 is 0 Å². The fraction of sp³-hybridized carbons (Fsp3) is 0.393. The molecule has 1 amide bonds. The largest absolute Gasteiger partial charge is 0.385 e. The Morgan fingerprint density at radius 3 is 2.39 bits per heavy atom. The fourth-order valence-electron chi connectivity index (χ4n) is 3.96. The molecule has 33 heavy (non-hydrogen) atoms. The number of ether oxygens (including phenoxy) is 1. The smallest absolute Gasteiger partial charge is 0.254 e. The Morgan fingerprint density at radius 2 is 1.70 bits per heavy atom. The van der Waals surface area contributed by atoms with Crippen LogP contribution in [-0.2, 0) is 24.2 Å². The van der Waals surface area contributed by atoms with Crippen molar-refractivity contribution in [2.24, 2.45) is 0 Å². The molecule has 0 aliphatic carbocycles. The van der Waals surface area contributed by atoms with Crippen LogP contribution in [0.2, 0.25) is 0 Å². The Morgan fingerprint density at radius 1 is 0.970 bits per heavy atom. The summed E-state index contributed by atoms with van der Waals surface area (Å²) in [6, 6.07) is 18.6. The Hall–Kier alpha value is -2.92. The number of carbonyl (C=O) groups is 1. The van der Waals surface area contributed by atoms with Crippen LogP contribution in [0.1, 0.15) is 59.8 Å². The standard InChI is InChI=1S/C28H35FN2O2/c1-3-4-5-8-23-10-14-25(15-11-23)28(32)31(19-7-20-33-2)22-27-9-6-18-30(27)21-24-12-16-26(29)17-13-24/h6,9-18H,3-5,7-8,19-22H2,1-2H3. The van der Waals surface area contributed by atoms with Crippen molar-refractivity contribution in [3.05, 3.63) is 95.1 Å². The summed E-state index contributed by atoms with van der Waals surface area (Å²) in [5.41, 5.74) is 4.05. The number of methoxy groups -OCH3 is 1. The van der Waals surface area contributed by atoms with E-state index in [1.54, 1.807) is 19.2 Å². The number of carbonyl (C=O) groups excluding carboxylic acids is 1. The molecule has 0 aliphatic rings. The van der Waals surface area contributed by atoms with E-state index in [0.29, 0.717) is 31.8 Å². The van der Waals surface area contributed by atoms with Crippen molar-refractivity contribution in [1.82, 2.24) is 9.47 Å². The fourth-order valence-corrected chi connectivity index (χ4v) is 3.96. The molecule has 0 unspecified atom stereocenters. The Kier molecular flexibility index (Phi) is 9.70. The van der Waals surface area contributed by atoms with Gasteiger partial charge in [-0.2, -0.15) is 0 Å². The number of benzene rings is 2. The van der Waals surface area contributed by atoms with Crippen molar-refractivity contribution in [2.75, 3.05) is 20.3 Å². The lowest BCUT2D eigenvalue weighted by molar-refractivity contribution is 0.0720. The second-order valence-corrected chi connectivity index (χ2v) is 8.48. The van der Waals surface area contributed by atoms with Crippen LogP contribution >= 0.6 is 0 Å². The first-order valence-corrected chi connectivity index (χ1v) is 11.9. The molecule has 0 saturated carbocycles. The zero-order valence-electron chi connectivity index (χ0n) is 19.8. The Bertz CT molecular complexity index is 980. The van der Waals surface area contributed by atoms with Gasteiger partial charge >= 0.3 is 0 Å². The van der Waals surface area contributed by atoms with Crippen LogP contribution in [0.5, 0.6) is 0 Å². The van der Waals surface area contributed by atoms with Gasteiger partial charge in [0.1, 0.15) is 5.82 Å². The van der Waals surface area contributed by atoms with Crippen molar-refractivity contribution in [1.29, 1.82) is 0 Å². The molecule has 2 aromatic carbocycles. The maximum atomic E-state index is 13.4. The minimum Gasteiger partial charge on any atom is -0.385 e. The van der Waals surface area contributed by atoms with Crippen molar-refractivity contribution < 1.29 is 13.9 Å². The van der Waals surface area contributed by atoms with E-state index in [-0.39, 0.29) is 11.7 Å². The first-order valence-electron chi connectivity index (χ1n) is 11.9. The predicted octanol–water partition coefficient (Wildman–Crippen LogP) is 6.09. The van der Waals surface area contributed by atoms with Gasteiger partial charge in [-0.1, -0.05) is 44.0 Å². The molecule has 0 bridgehead atoms. The van der Waals surface area contributed by atoms with Gasteiger partial charge in [-0.3, -0.25) is 4.79 Å². The maximum Gasteiger partial charge on any atom is 0.254 e. The second kappa shape index (κ2) is 12.9. The number of halogens is 1. The van der Waals surface area contributed by atoms with Crippen molar-refractivity contribution >= 4 is 5.91 Å². The zero-order valence-corrected chi connectivity index (χ0v) is 19.8. The number of rotatable bonds is 13. The van der Waals surface area contributed by atoms with Crippen LogP contribution in [0.3, 0.4) is 0 Å². The van der Waals surface area contributed by atoms with E-state index in [0.717, 1.165) is 24.1 Å². The first kappa shape index (κ1) is 24.7. The molecule has 4 nitrogen and oxygen atoms in total. The molecule has 0 atom stereocenters. The average molecular weight is 451 g/mol. The summed E-state index contributed by atoms with van der Waals surface area (Å²) >= 11 is 0. The summed E-state index contributed by atoms with van der Waals surface area (Å²) in [4.78, 5) is 15.3. The van der Waals surface area contributed by atoms with Gasteiger partial charge in [-0.05, 0) is 66.8 Å². The summed E-state index contributed by atoms with van der Waals surface area (Å²) in [5, 5.41) is 0. The molecule has 0 saturated heterocycles. The summed E-state index contributed by atoms with van der Waals surface area (Å²) in [6.45, 7) is 4.57. The number of nitrogens with zero attached hydrogens (tertiary/aromatic N) is 2. The van der Waals surface area contributed by atoms with E-state index < -0.39 is 0 Å². The molecule has 0 aliphatic heterocycles. The molecular weight excluding hydrogens is 415 g/mol. The third kappa shape index (κ3) is 7.57. The van der Waals surface area contributed by atoms with E-state index in [2.05, 4.69) is 23.6 Å². The normalized spacial score (nSPS) is 11.0. The molecule has 176 valence electrons. The second-order valence-electron chi connectivity index (χ2n) is 8.48. The third-order valence-corrected chi connectivity index (χ3v) is 5.88. The van der Waals surface area contributed by atoms with Crippen LogP contribution in [0.4, 0.5) is 4.39 Å². The van der Waals surface area contributed by atoms with E-state index in [1.165, 1.54) is 37.0 Å². The van der Waals surface area contributed by atoms with E-state index in [4.69, 9.17) is 4.74 Å². The number of amides is 1. The lowest BCUT2D eigenvalue weighted by Crippen LogP contribution is -2.33. The van der Waals surface area contributed by atoms with Gasteiger partial charge in [0.2, 0.25) is 0 Å². The highest BCUT2D eigenvalue weighted by Crippen LogP contribution is 2.16. The van der Waals surface area contributed by atoms with E-state index in [1.807, 2.05) is 35.4 Å². The molecule has 3 aromatic rings. The van der Waals surface area contributed by atoms with E-state index in [9.17, 15) is 9.18 Å². The first-order chi connectivity index (χ1) is 16.1. The topological polar surface area (TPSA) is 34.5 Å². The highest BCUT2D eigenvalue weighted by Gasteiger charge is 2.18. The van der Waals surface area contributed by atoms with Crippen LogP contribution < -0.4 is 0 Å². The SMILES string of the molecule is CCCCCc1ccc(C(=O)N(CCCOC)Cc2cccn2Cc2ccc(F)cc2)cc1. The molecule has 0 fully saturated rings. The molecule has 0 N–H and O–H groups in total. The Balaban J connectivity index is 1.71. The highest BCUT2D eigenvalue weighted by atomic mass is 19.1. The lowest BCUT2D eigenvalue weighted by atomic mass is 10.0. The monoisotopic (exact) mass is 450 g/mol. The van der Waals surface area contributed by atoms with Crippen molar-refractivity contribution in [3.63, 3.8) is 0 Å². The van der Waals surface area contributed by atoms with Crippen LogP contribution in [0, 0.1) is 5.82 Å². The van der Waals surface area contributed by atoms with Gasteiger partial charge < -0.3 is 14.2 Å². The molecular formula is C28H35FN2O2. The van der Waals surface area contributed by atoms with Crippen LogP contribution in [0.15, 0.2) is 66.9 Å². The minimum absolute atomic E-state index is 0.0285. The maximum absolute atomic E-state index is 13.4. The predicted molar refractivity (Wildman–Crippen MR) is 131 cm³/mol. The summed E-state index contributed by atoms with van der Waals surface area (Å²) < 4.78 is 20.6. The minimum atomic E-state index is -0.238. The quantitative estimate of drug-likeness (QED) is 0.296. The summed E-state index contributed by atoms with van der Waals surface area (Å²) in [6.07, 6.45) is 7.44. The third-order valence-electron chi connectivity index (χ3n) is 5.88. The van der Waals surface area contributed by atoms with Crippen molar-refractivity contribution in [3.8, 4) is 0 Å². The molecule has 5 heteroatoms. The van der Waals surface area contributed by atoms with Crippen LogP contribution in [-0.4, -0.2) is 35.6 Å². The number of aryl methyl sites for hydroxylation is 1. The molecule has 1 aromatic heterocycles. The highest BCUT2D eigenvalue weighted by molar-refractivity contribution is 5.94. The summed E-state index contributed by atoms with van der Waals surface area (Å²) in [5.74, 6) is -0.210. The number of unbranched alkanes of at least 4 members (excludes halogenated alkanes) is 2. The van der Waals surface area contributed by atoms with Gasteiger partial charge in [0.15, 0.2) is 0 Å². The lowest BCUT2D eigenvalue weighted by Gasteiger charge is -2.24. The average Bonchev–Trinajstić information content (AvgIpc) is 3.26. The zero-order chi connectivity index (χ0) is 23.5. The number of hydrogen-bond acceptors (Lipinski definition) is 2. The molecule has 0 radical (unpaired) electrons. The van der Waals surface area contributed by atoms with Gasteiger partial charge in [-0.15, -0.1) is 0 Å². The molecule has 1 heterocycles. The van der Waals surface area contributed by atoms with Gasteiger partial charge in [0.05, 0.1) is 6.54 Å². The Labute approximate surface area is 197 Å². The summed E-state index contributed by atoms with van der Waals surface area (Å²) in [7, 11) is 1.68. The van der Waals surface area contributed by atoms with Gasteiger partial charge in [0, 0.05) is 44.3 Å². The van der Waals surface area contributed by atoms with Crippen molar-refractivity contribution in [2.45, 2.75) is 52.1 Å². The van der Waals surface area contributed by atoms with Gasteiger partial charge in [-0.25, -0.2) is 4.39 Å². The molecule has 3 rings (SSSR count). The number of aromatic nitrogens is 1. The van der Waals surface area contributed by atoms with Crippen LogP contribution in [0.25, 0.3) is 0 Å². The van der Waals surface area contributed by atoms with Gasteiger partial charge in [0.25, 0.3) is 5.91 Å². The molecule has 0 spiro atoms.